The third-order valence-corrected chi connectivity index (χ3v) is 5.18. The SMILES string of the molecule is C[NH+](CC(=O)Nc1ccc(Cl)c(C(F)(F)F)c1)Cc1nc2ccccc2s1. The number of aromatic nitrogens is 1. The highest BCUT2D eigenvalue weighted by molar-refractivity contribution is 7.18. The average molecular weight is 415 g/mol. The molecule has 0 aliphatic rings. The van der Waals surface area contributed by atoms with Crippen molar-refractivity contribution in [1.82, 2.24) is 4.98 Å². The summed E-state index contributed by atoms with van der Waals surface area (Å²) in [5.74, 6) is -0.385. The van der Waals surface area contributed by atoms with Gasteiger partial charge in [0.05, 0.1) is 27.9 Å². The van der Waals surface area contributed by atoms with Gasteiger partial charge in [-0.2, -0.15) is 13.2 Å². The Bertz CT molecular complexity index is 941. The second kappa shape index (κ2) is 7.84. The number of fused-ring (bicyclic) bond motifs is 1. The number of anilines is 1. The Morgan fingerprint density at radius 3 is 2.70 bits per heavy atom. The van der Waals surface area contributed by atoms with E-state index in [2.05, 4.69) is 10.3 Å². The quantitative estimate of drug-likeness (QED) is 0.670. The fraction of sp³-hybridized carbons (Fsp3) is 0.222. The molecule has 1 unspecified atom stereocenters. The molecule has 0 spiro atoms. The van der Waals surface area contributed by atoms with Gasteiger partial charge in [0, 0.05) is 5.69 Å². The van der Waals surface area contributed by atoms with Gasteiger partial charge in [-0.15, -0.1) is 11.3 Å². The first kappa shape index (κ1) is 19.6. The third kappa shape index (κ3) is 4.97. The molecule has 0 saturated carbocycles. The number of nitrogens with one attached hydrogen (secondary N) is 2. The molecule has 0 bridgehead atoms. The molecule has 0 radical (unpaired) electrons. The van der Waals surface area contributed by atoms with Gasteiger partial charge < -0.3 is 10.2 Å². The molecule has 142 valence electrons. The van der Waals surface area contributed by atoms with Crippen LogP contribution < -0.4 is 10.2 Å². The second-order valence-corrected chi connectivity index (χ2v) is 7.65. The number of hydrogen-bond donors (Lipinski definition) is 2. The van der Waals surface area contributed by atoms with E-state index in [1.54, 1.807) is 11.3 Å². The van der Waals surface area contributed by atoms with Crippen LogP contribution in [0.4, 0.5) is 18.9 Å². The number of thiazole rings is 1. The van der Waals surface area contributed by atoms with Crippen LogP contribution in [-0.4, -0.2) is 24.5 Å². The Labute approximate surface area is 162 Å². The highest BCUT2D eigenvalue weighted by Crippen LogP contribution is 2.36. The van der Waals surface area contributed by atoms with Crippen LogP contribution in [0.15, 0.2) is 42.5 Å². The van der Waals surface area contributed by atoms with Gasteiger partial charge in [-0.3, -0.25) is 4.79 Å². The third-order valence-electron chi connectivity index (χ3n) is 3.81. The van der Waals surface area contributed by atoms with Crippen LogP contribution in [0, 0.1) is 0 Å². The lowest BCUT2D eigenvalue weighted by atomic mass is 10.2. The summed E-state index contributed by atoms with van der Waals surface area (Å²) in [7, 11) is 1.83. The molecule has 0 fully saturated rings. The monoisotopic (exact) mass is 414 g/mol. The Morgan fingerprint density at radius 2 is 2.00 bits per heavy atom. The normalized spacial score (nSPS) is 12.9. The van der Waals surface area contributed by atoms with E-state index >= 15 is 0 Å². The van der Waals surface area contributed by atoms with E-state index in [9.17, 15) is 18.0 Å². The number of para-hydroxylation sites is 1. The first-order chi connectivity index (χ1) is 12.7. The molecule has 3 aromatic rings. The maximum atomic E-state index is 12.9. The standard InChI is InChI=1S/C18H15ClF3N3OS/c1-25(10-17-24-14-4-2-3-5-15(14)27-17)9-16(26)23-11-6-7-13(19)12(8-11)18(20,21)22/h2-8H,9-10H2,1H3,(H,23,26)/p+1. The smallest absolute Gasteiger partial charge is 0.324 e. The molecule has 9 heteroatoms. The molecule has 0 aliphatic heterocycles. The van der Waals surface area contributed by atoms with Gasteiger partial charge in [-0.05, 0) is 30.3 Å². The number of quaternary nitrogens is 1. The minimum atomic E-state index is -4.58. The molecule has 4 nitrogen and oxygen atoms in total. The summed E-state index contributed by atoms with van der Waals surface area (Å²) >= 11 is 7.14. The van der Waals surface area contributed by atoms with Crippen LogP contribution in [-0.2, 0) is 17.5 Å². The highest BCUT2D eigenvalue weighted by atomic mass is 35.5. The summed E-state index contributed by atoms with van der Waals surface area (Å²) in [6, 6.07) is 11.1. The summed E-state index contributed by atoms with van der Waals surface area (Å²) in [6.07, 6.45) is -4.58. The number of nitrogens with zero attached hydrogens (tertiary/aromatic N) is 1. The second-order valence-electron chi connectivity index (χ2n) is 6.13. The van der Waals surface area contributed by atoms with Crippen molar-refractivity contribution in [2.45, 2.75) is 12.7 Å². The Hall–Kier alpha value is -2.16. The van der Waals surface area contributed by atoms with Gasteiger partial charge in [0.2, 0.25) is 0 Å². The zero-order valence-corrected chi connectivity index (χ0v) is 15.8. The van der Waals surface area contributed by atoms with Crippen molar-refractivity contribution in [3.05, 3.63) is 58.1 Å². The number of likely N-dealkylation sites (N-methyl/N-ethyl adjacent to an activating group) is 1. The number of amides is 1. The van der Waals surface area contributed by atoms with E-state index in [0.717, 1.165) is 32.3 Å². The van der Waals surface area contributed by atoms with Crippen molar-refractivity contribution < 1.29 is 22.9 Å². The van der Waals surface area contributed by atoms with Crippen LogP contribution in [0.25, 0.3) is 10.2 Å². The van der Waals surface area contributed by atoms with E-state index in [1.807, 2.05) is 31.3 Å². The van der Waals surface area contributed by atoms with E-state index < -0.39 is 16.8 Å². The summed E-state index contributed by atoms with van der Waals surface area (Å²) < 4.78 is 39.8. The molecular formula is C18H16ClF3N3OS+. The number of carbonyl (C=O) groups excluding carboxylic acids is 1. The van der Waals surface area contributed by atoms with Gasteiger partial charge in [-0.25, -0.2) is 4.98 Å². The summed E-state index contributed by atoms with van der Waals surface area (Å²) in [6.45, 7) is 0.640. The van der Waals surface area contributed by atoms with Crippen molar-refractivity contribution in [1.29, 1.82) is 0 Å². The van der Waals surface area contributed by atoms with E-state index in [4.69, 9.17) is 11.6 Å². The average Bonchev–Trinajstić information content (AvgIpc) is 2.97. The minimum absolute atomic E-state index is 0.0597. The maximum absolute atomic E-state index is 12.9. The lowest BCUT2D eigenvalue weighted by molar-refractivity contribution is -0.885. The summed E-state index contributed by atoms with van der Waals surface area (Å²) in [5, 5.41) is 2.98. The minimum Gasteiger partial charge on any atom is -0.324 e. The number of hydrogen-bond acceptors (Lipinski definition) is 3. The zero-order chi connectivity index (χ0) is 19.6. The van der Waals surface area contributed by atoms with Crippen molar-refractivity contribution in [2.75, 3.05) is 18.9 Å². The fourth-order valence-electron chi connectivity index (χ4n) is 2.62. The van der Waals surface area contributed by atoms with Crippen LogP contribution >= 0.6 is 22.9 Å². The first-order valence-corrected chi connectivity index (χ1v) is 9.24. The van der Waals surface area contributed by atoms with Gasteiger partial charge in [-0.1, -0.05) is 23.7 Å². The predicted octanol–water partition coefficient (Wildman–Crippen LogP) is 3.62. The van der Waals surface area contributed by atoms with Crippen LogP contribution in [0.3, 0.4) is 0 Å². The molecular weight excluding hydrogens is 399 g/mol. The molecule has 0 aliphatic carbocycles. The number of halogens is 4. The van der Waals surface area contributed by atoms with Crippen LogP contribution in [0.5, 0.6) is 0 Å². The van der Waals surface area contributed by atoms with Crippen LogP contribution in [0.2, 0.25) is 5.02 Å². The molecule has 27 heavy (non-hydrogen) atoms. The molecule has 1 amide bonds. The van der Waals surface area contributed by atoms with Crippen molar-refractivity contribution in [2.24, 2.45) is 0 Å². The van der Waals surface area contributed by atoms with Crippen LogP contribution in [0.1, 0.15) is 10.6 Å². The topological polar surface area (TPSA) is 46.4 Å². The molecule has 1 heterocycles. The van der Waals surface area contributed by atoms with E-state index in [0.29, 0.717) is 6.54 Å². The molecule has 2 N–H and O–H groups in total. The first-order valence-electron chi connectivity index (χ1n) is 8.05. The number of rotatable bonds is 5. The molecule has 1 atom stereocenters. The van der Waals surface area contributed by atoms with E-state index in [1.165, 1.54) is 6.07 Å². The van der Waals surface area contributed by atoms with Gasteiger partial charge in [0.1, 0.15) is 11.6 Å². The Kier molecular flexibility index (Phi) is 5.69. The van der Waals surface area contributed by atoms with Gasteiger partial charge in [0.15, 0.2) is 6.54 Å². The molecule has 1 aromatic heterocycles. The fourth-order valence-corrected chi connectivity index (χ4v) is 3.92. The number of carbonyl (C=O) groups is 1. The van der Waals surface area contributed by atoms with Crippen molar-refractivity contribution >= 4 is 44.7 Å². The number of alkyl halides is 3. The molecule has 2 aromatic carbocycles. The van der Waals surface area contributed by atoms with Gasteiger partial charge >= 0.3 is 6.18 Å². The summed E-state index contributed by atoms with van der Waals surface area (Å²) in [5.41, 5.74) is -0.00254. The lowest BCUT2D eigenvalue weighted by Crippen LogP contribution is -3.08. The van der Waals surface area contributed by atoms with Crippen molar-refractivity contribution in [3.63, 3.8) is 0 Å². The lowest BCUT2D eigenvalue weighted by Gasteiger charge is -2.14. The Balaban J connectivity index is 1.61. The highest BCUT2D eigenvalue weighted by Gasteiger charge is 2.33. The predicted molar refractivity (Wildman–Crippen MR) is 100 cm³/mol. The van der Waals surface area contributed by atoms with Crippen molar-refractivity contribution in [3.8, 4) is 0 Å². The molecule has 0 saturated heterocycles. The number of benzene rings is 2. The maximum Gasteiger partial charge on any atom is 0.417 e. The molecule has 3 rings (SSSR count). The summed E-state index contributed by atoms with van der Waals surface area (Å²) in [4.78, 5) is 17.6. The zero-order valence-electron chi connectivity index (χ0n) is 14.2. The van der Waals surface area contributed by atoms with Gasteiger partial charge in [0.25, 0.3) is 5.91 Å². The van der Waals surface area contributed by atoms with E-state index in [-0.39, 0.29) is 18.1 Å². The Morgan fingerprint density at radius 1 is 1.26 bits per heavy atom. The largest absolute Gasteiger partial charge is 0.417 e.